The Morgan fingerprint density at radius 3 is 2.40 bits per heavy atom. The molecule has 0 bridgehead atoms. The molecule has 86 valence electrons. The first-order valence-corrected chi connectivity index (χ1v) is 4.08. The second-order valence-corrected chi connectivity index (χ2v) is 2.75. The van der Waals surface area contributed by atoms with Gasteiger partial charge in [0.25, 0.3) is 0 Å². The SMILES string of the molecule is COC(CO)C(N=O)C(O)C(=O)CN=O. The number of ether oxygens (including phenoxy) is 1. The molecule has 0 aliphatic rings. The standard InChI is InChI=1S/C7H12N2O6/c1-15-5(3-10)6(9-14)7(12)4(11)2-8-13/h5-7,10,12H,2-3H2,1H3. The molecule has 0 radical (unpaired) electrons. The van der Waals surface area contributed by atoms with Gasteiger partial charge in [-0.05, 0) is 0 Å². The molecule has 0 aromatic carbocycles. The minimum absolute atomic E-state index is 0.578. The van der Waals surface area contributed by atoms with E-state index in [4.69, 9.17) is 5.11 Å². The zero-order valence-electron chi connectivity index (χ0n) is 8.07. The number of nitroso groups, excluding NO2 is 2. The molecule has 0 heterocycles. The predicted octanol–water partition coefficient (Wildman–Crippen LogP) is -1.17. The maximum atomic E-state index is 11.0. The van der Waals surface area contributed by atoms with E-state index in [9.17, 15) is 19.7 Å². The van der Waals surface area contributed by atoms with Crippen molar-refractivity contribution in [2.24, 2.45) is 10.4 Å². The summed E-state index contributed by atoms with van der Waals surface area (Å²) in [5.41, 5.74) is 0. The fraction of sp³-hybridized carbons (Fsp3) is 0.857. The fourth-order valence-electron chi connectivity index (χ4n) is 0.998. The summed E-state index contributed by atoms with van der Waals surface area (Å²) in [6.07, 6.45) is -2.88. The highest BCUT2D eigenvalue weighted by molar-refractivity contribution is 5.85. The van der Waals surface area contributed by atoms with Gasteiger partial charge in [-0.15, -0.1) is 0 Å². The Hall–Kier alpha value is -1.25. The van der Waals surface area contributed by atoms with E-state index in [0.29, 0.717) is 0 Å². The molecule has 0 aliphatic carbocycles. The smallest absolute Gasteiger partial charge is 0.188 e. The fourth-order valence-corrected chi connectivity index (χ4v) is 0.998. The summed E-state index contributed by atoms with van der Waals surface area (Å²) >= 11 is 0. The summed E-state index contributed by atoms with van der Waals surface area (Å²) in [5, 5.41) is 22.8. The Bertz CT molecular complexity index is 230. The quantitative estimate of drug-likeness (QED) is 0.496. The third-order valence-electron chi connectivity index (χ3n) is 1.86. The lowest BCUT2D eigenvalue weighted by Crippen LogP contribution is -2.44. The van der Waals surface area contributed by atoms with Crippen molar-refractivity contribution >= 4 is 5.78 Å². The topological polar surface area (TPSA) is 126 Å². The Kier molecular flexibility index (Phi) is 6.50. The second-order valence-electron chi connectivity index (χ2n) is 2.75. The third kappa shape index (κ3) is 3.78. The van der Waals surface area contributed by atoms with Crippen molar-refractivity contribution in [3.63, 3.8) is 0 Å². The Morgan fingerprint density at radius 1 is 1.47 bits per heavy atom. The molecular formula is C7H12N2O6. The lowest BCUT2D eigenvalue weighted by Gasteiger charge is -2.21. The maximum absolute atomic E-state index is 11.0. The van der Waals surface area contributed by atoms with Gasteiger partial charge in [0.15, 0.2) is 11.8 Å². The molecule has 0 rings (SSSR count). The number of aliphatic hydroxyl groups is 2. The van der Waals surface area contributed by atoms with Gasteiger partial charge >= 0.3 is 0 Å². The van der Waals surface area contributed by atoms with E-state index in [1.54, 1.807) is 0 Å². The molecule has 0 aromatic rings. The summed E-state index contributed by atoms with van der Waals surface area (Å²) in [7, 11) is 1.19. The van der Waals surface area contributed by atoms with E-state index in [2.05, 4.69) is 15.1 Å². The molecule has 0 fully saturated rings. The van der Waals surface area contributed by atoms with Gasteiger partial charge < -0.3 is 14.9 Å². The lowest BCUT2D eigenvalue weighted by atomic mass is 10.0. The number of carbonyl (C=O) groups is 1. The molecule has 2 N–H and O–H groups in total. The van der Waals surface area contributed by atoms with Crippen LogP contribution in [0.5, 0.6) is 0 Å². The van der Waals surface area contributed by atoms with Crippen LogP contribution in [0.1, 0.15) is 0 Å². The van der Waals surface area contributed by atoms with Crippen LogP contribution in [-0.4, -0.2) is 54.5 Å². The summed E-state index contributed by atoms with van der Waals surface area (Å²) in [6.45, 7) is -1.33. The molecule has 0 amide bonds. The minimum Gasteiger partial charge on any atom is -0.394 e. The molecule has 15 heavy (non-hydrogen) atoms. The number of hydrogen-bond acceptors (Lipinski definition) is 8. The summed E-state index contributed by atoms with van der Waals surface area (Å²) in [5.74, 6) is -0.940. The average Bonchev–Trinajstić information content (AvgIpc) is 2.25. The van der Waals surface area contributed by atoms with E-state index >= 15 is 0 Å². The van der Waals surface area contributed by atoms with Crippen LogP contribution in [0.25, 0.3) is 0 Å². The van der Waals surface area contributed by atoms with Gasteiger partial charge in [0.1, 0.15) is 18.8 Å². The predicted molar refractivity (Wildman–Crippen MR) is 49.1 cm³/mol. The third-order valence-corrected chi connectivity index (χ3v) is 1.86. The van der Waals surface area contributed by atoms with Crippen LogP contribution in [0.4, 0.5) is 0 Å². The van der Waals surface area contributed by atoms with Crippen molar-refractivity contribution < 1.29 is 19.7 Å². The highest BCUT2D eigenvalue weighted by Gasteiger charge is 2.34. The van der Waals surface area contributed by atoms with Gasteiger partial charge in [0.05, 0.1) is 6.61 Å². The number of methoxy groups -OCH3 is 1. The first kappa shape index (κ1) is 13.8. The molecule has 8 nitrogen and oxygen atoms in total. The Labute approximate surface area is 85.2 Å². The minimum atomic E-state index is -1.79. The summed E-state index contributed by atoms with van der Waals surface area (Å²) in [6, 6.07) is -1.45. The summed E-state index contributed by atoms with van der Waals surface area (Å²) in [4.78, 5) is 31.1. The number of ketones is 1. The van der Waals surface area contributed by atoms with Crippen LogP contribution in [0, 0.1) is 9.81 Å². The molecule has 8 heteroatoms. The van der Waals surface area contributed by atoms with Crippen LogP contribution in [-0.2, 0) is 9.53 Å². The highest BCUT2D eigenvalue weighted by Crippen LogP contribution is 2.09. The average molecular weight is 220 g/mol. The molecule has 3 unspecified atom stereocenters. The largest absolute Gasteiger partial charge is 0.394 e. The van der Waals surface area contributed by atoms with Crippen LogP contribution in [0.15, 0.2) is 10.4 Å². The van der Waals surface area contributed by atoms with Gasteiger partial charge in [-0.2, -0.15) is 9.81 Å². The first-order chi connectivity index (χ1) is 7.12. The van der Waals surface area contributed by atoms with Crippen LogP contribution >= 0.6 is 0 Å². The van der Waals surface area contributed by atoms with Crippen LogP contribution in [0.2, 0.25) is 0 Å². The van der Waals surface area contributed by atoms with Gasteiger partial charge in [-0.1, -0.05) is 10.4 Å². The van der Waals surface area contributed by atoms with Crippen molar-refractivity contribution in [1.82, 2.24) is 0 Å². The Balaban J connectivity index is 4.57. The number of aliphatic hydroxyl groups excluding tert-OH is 2. The van der Waals surface area contributed by atoms with Crippen molar-refractivity contribution in [1.29, 1.82) is 0 Å². The molecule has 3 atom stereocenters. The first-order valence-electron chi connectivity index (χ1n) is 4.08. The van der Waals surface area contributed by atoms with Crippen molar-refractivity contribution in [3.05, 3.63) is 9.81 Å². The summed E-state index contributed by atoms with van der Waals surface area (Å²) < 4.78 is 4.64. The van der Waals surface area contributed by atoms with Gasteiger partial charge in [-0.3, -0.25) is 4.79 Å². The van der Waals surface area contributed by atoms with E-state index in [1.807, 2.05) is 0 Å². The van der Waals surface area contributed by atoms with E-state index < -0.39 is 37.2 Å². The van der Waals surface area contributed by atoms with Crippen molar-refractivity contribution in [2.75, 3.05) is 20.3 Å². The van der Waals surface area contributed by atoms with Gasteiger partial charge in [0, 0.05) is 7.11 Å². The zero-order valence-corrected chi connectivity index (χ0v) is 8.07. The van der Waals surface area contributed by atoms with E-state index in [1.165, 1.54) is 7.11 Å². The number of carbonyl (C=O) groups excluding carboxylic acids is 1. The maximum Gasteiger partial charge on any atom is 0.188 e. The monoisotopic (exact) mass is 220 g/mol. The highest BCUT2D eigenvalue weighted by atomic mass is 16.5. The number of hydrogen-bond donors (Lipinski definition) is 2. The van der Waals surface area contributed by atoms with Crippen molar-refractivity contribution in [2.45, 2.75) is 18.2 Å². The molecule has 0 spiro atoms. The van der Waals surface area contributed by atoms with Crippen molar-refractivity contribution in [3.8, 4) is 0 Å². The molecular weight excluding hydrogens is 208 g/mol. The van der Waals surface area contributed by atoms with Crippen LogP contribution in [0.3, 0.4) is 0 Å². The van der Waals surface area contributed by atoms with E-state index in [0.717, 1.165) is 0 Å². The number of nitrogens with zero attached hydrogens (tertiary/aromatic N) is 2. The van der Waals surface area contributed by atoms with Crippen LogP contribution < -0.4 is 0 Å². The molecule has 0 saturated carbocycles. The second kappa shape index (κ2) is 7.10. The number of Topliss-reactive ketones (excluding diaryl/α,β-unsaturated/α-hetero) is 1. The zero-order chi connectivity index (χ0) is 11.8. The van der Waals surface area contributed by atoms with E-state index in [-0.39, 0.29) is 0 Å². The molecule has 0 aromatic heterocycles. The normalized spacial score (nSPS) is 16.5. The lowest BCUT2D eigenvalue weighted by molar-refractivity contribution is -0.129. The van der Waals surface area contributed by atoms with Gasteiger partial charge in [0.2, 0.25) is 0 Å². The Morgan fingerprint density at radius 2 is 2.07 bits per heavy atom. The molecule has 0 aliphatic heterocycles. The molecule has 0 saturated heterocycles. The van der Waals surface area contributed by atoms with Gasteiger partial charge in [-0.25, -0.2) is 0 Å². The number of rotatable bonds is 8.